The Kier molecular flexibility index (Phi) is 2.17. The van der Waals surface area contributed by atoms with Crippen LogP contribution in [0.5, 0.6) is 0 Å². The number of nitrogens with one attached hydrogen (secondary N) is 1. The van der Waals surface area contributed by atoms with Gasteiger partial charge < -0.3 is 4.98 Å². The minimum absolute atomic E-state index is 0.351. The first kappa shape index (κ1) is 12.3. The Morgan fingerprint density at radius 1 is 1.14 bits per heavy atom. The molecule has 2 aromatic rings. The van der Waals surface area contributed by atoms with Crippen molar-refractivity contribution in [3.8, 4) is 0 Å². The molecule has 0 radical (unpaired) electrons. The Bertz CT molecular complexity index is 712. The molecule has 2 nitrogen and oxygen atoms in total. The molecule has 21 heavy (non-hydrogen) atoms. The highest BCUT2D eigenvalue weighted by Crippen LogP contribution is 2.65. The zero-order valence-corrected chi connectivity index (χ0v) is 13.1. The number of H-pyrrole nitrogens is 1. The summed E-state index contributed by atoms with van der Waals surface area (Å²) in [7, 11) is 0. The number of aromatic amines is 1. The van der Waals surface area contributed by atoms with Crippen molar-refractivity contribution in [1.82, 2.24) is 9.97 Å². The molecule has 1 aromatic heterocycles. The minimum Gasteiger partial charge on any atom is -0.341 e. The lowest BCUT2D eigenvalue weighted by Gasteiger charge is -2.60. The van der Waals surface area contributed by atoms with Crippen LogP contribution in [0.15, 0.2) is 18.2 Å². The normalized spacial score (nSPS) is 41.0. The van der Waals surface area contributed by atoms with E-state index in [9.17, 15) is 0 Å². The molecule has 4 bridgehead atoms. The molecule has 4 saturated carbocycles. The van der Waals surface area contributed by atoms with Gasteiger partial charge in [-0.2, -0.15) is 0 Å². The van der Waals surface area contributed by atoms with Crippen LogP contribution in [0.3, 0.4) is 0 Å². The number of hydrogen-bond acceptors (Lipinski definition) is 1. The third-order valence-electron chi connectivity index (χ3n) is 6.57. The predicted molar refractivity (Wildman–Crippen MR) is 85.3 cm³/mol. The molecule has 1 aromatic carbocycles. The molecule has 4 aliphatic carbocycles. The SMILES string of the molecule is Cc1cccc2[nH]c(C34CC5CC(CC(C)(C5)C3)C4)nc12. The lowest BCUT2D eigenvalue weighted by molar-refractivity contribution is -0.0644. The first-order chi connectivity index (χ1) is 10.1. The highest BCUT2D eigenvalue weighted by molar-refractivity contribution is 5.78. The fourth-order valence-electron chi connectivity index (χ4n) is 6.42. The van der Waals surface area contributed by atoms with Crippen molar-refractivity contribution in [1.29, 1.82) is 0 Å². The summed E-state index contributed by atoms with van der Waals surface area (Å²) in [5.74, 6) is 3.20. The van der Waals surface area contributed by atoms with Crippen LogP contribution in [0.2, 0.25) is 0 Å². The van der Waals surface area contributed by atoms with Gasteiger partial charge in [0.15, 0.2) is 0 Å². The van der Waals surface area contributed by atoms with E-state index in [1.54, 1.807) is 0 Å². The monoisotopic (exact) mass is 280 g/mol. The number of benzene rings is 1. The largest absolute Gasteiger partial charge is 0.341 e. The second-order valence-corrected chi connectivity index (χ2v) is 8.61. The van der Waals surface area contributed by atoms with Gasteiger partial charge in [-0.15, -0.1) is 0 Å². The van der Waals surface area contributed by atoms with E-state index < -0.39 is 0 Å². The molecular formula is C19H24N2. The maximum absolute atomic E-state index is 5.08. The summed E-state index contributed by atoms with van der Waals surface area (Å²) in [6.07, 6.45) is 8.51. The average molecular weight is 280 g/mol. The van der Waals surface area contributed by atoms with Gasteiger partial charge in [0.05, 0.1) is 11.0 Å². The summed E-state index contributed by atoms with van der Waals surface area (Å²) in [5, 5.41) is 0. The summed E-state index contributed by atoms with van der Waals surface area (Å²) in [4.78, 5) is 8.78. The van der Waals surface area contributed by atoms with E-state index in [2.05, 4.69) is 37.0 Å². The smallest absolute Gasteiger partial charge is 0.113 e. The van der Waals surface area contributed by atoms with Crippen molar-refractivity contribution in [2.75, 3.05) is 0 Å². The fraction of sp³-hybridized carbons (Fsp3) is 0.632. The Morgan fingerprint density at radius 3 is 2.57 bits per heavy atom. The maximum Gasteiger partial charge on any atom is 0.113 e. The molecule has 1 heterocycles. The van der Waals surface area contributed by atoms with Gasteiger partial charge in [-0.1, -0.05) is 19.1 Å². The number of hydrogen-bond donors (Lipinski definition) is 1. The van der Waals surface area contributed by atoms with Crippen LogP contribution in [0.4, 0.5) is 0 Å². The summed E-state index contributed by atoms with van der Waals surface area (Å²) in [6.45, 7) is 4.71. The van der Waals surface area contributed by atoms with Crippen LogP contribution in [-0.4, -0.2) is 9.97 Å². The standard InChI is InChI=1S/C19H24N2/c1-12-4-3-5-15-16(12)21-17(20-15)19-9-13-6-14(10-19)8-18(2,7-13)11-19/h3-5,13-14H,6-11H2,1-2H3,(H,20,21). The van der Waals surface area contributed by atoms with Crippen molar-refractivity contribution in [2.24, 2.45) is 17.3 Å². The van der Waals surface area contributed by atoms with E-state index in [0.29, 0.717) is 10.8 Å². The number of rotatable bonds is 1. The molecule has 4 aliphatic rings. The molecule has 0 spiro atoms. The van der Waals surface area contributed by atoms with Crippen LogP contribution < -0.4 is 0 Å². The first-order valence-corrected chi connectivity index (χ1v) is 8.51. The number of nitrogens with zero attached hydrogens (tertiary/aromatic N) is 1. The van der Waals surface area contributed by atoms with Gasteiger partial charge in [-0.3, -0.25) is 0 Å². The highest BCUT2D eigenvalue weighted by atomic mass is 15.0. The molecule has 110 valence electrons. The number of aromatic nitrogens is 2. The molecular weight excluding hydrogens is 256 g/mol. The number of para-hydroxylation sites is 1. The summed E-state index contributed by atoms with van der Waals surface area (Å²) < 4.78 is 0. The first-order valence-electron chi connectivity index (χ1n) is 8.51. The van der Waals surface area contributed by atoms with Gasteiger partial charge in [0.1, 0.15) is 5.82 Å². The molecule has 6 rings (SSSR count). The van der Waals surface area contributed by atoms with Crippen molar-refractivity contribution in [3.05, 3.63) is 29.6 Å². The number of fused-ring (bicyclic) bond motifs is 1. The molecule has 2 unspecified atom stereocenters. The molecule has 2 heteroatoms. The van der Waals surface area contributed by atoms with Crippen molar-refractivity contribution >= 4 is 11.0 Å². The highest BCUT2D eigenvalue weighted by Gasteiger charge is 2.57. The van der Waals surface area contributed by atoms with Crippen molar-refractivity contribution < 1.29 is 0 Å². The Labute approximate surface area is 126 Å². The predicted octanol–water partition coefficient (Wildman–Crippen LogP) is 4.73. The quantitative estimate of drug-likeness (QED) is 0.803. The fourth-order valence-corrected chi connectivity index (χ4v) is 6.42. The summed E-state index contributed by atoms with van der Waals surface area (Å²) in [5.41, 5.74) is 4.65. The lowest BCUT2D eigenvalue weighted by Crippen LogP contribution is -2.53. The van der Waals surface area contributed by atoms with Gasteiger partial charge in [-0.05, 0) is 74.3 Å². The second-order valence-electron chi connectivity index (χ2n) is 8.61. The van der Waals surface area contributed by atoms with E-state index in [1.165, 1.54) is 60.9 Å². The summed E-state index contributed by atoms with van der Waals surface area (Å²) >= 11 is 0. The third-order valence-corrected chi connectivity index (χ3v) is 6.57. The topological polar surface area (TPSA) is 28.7 Å². The average Bonchev–Trinajstić information content (AvgIpc) is 2.82. The van der Waals surface area contributed by atoms with Gasteiger partial charge in [0.25, 0.3) is 0 Å². The Morgan fingerprint density at radius 2 is 1.90 bits per heavy atom. The van der Waals surface area contributed by atoms with Crippen LogP contribution in [0.1, 0.15) is 56.8 Å². The van der Waals surface area contributed by atoms with Crippen LogP contribution in [0, 0.1) is 24.2 Å². The van der Waals surface area contributed by atoms with E-state index >= 15 is 0 Å². The second kappa shape index (κ2) is 3.71. The van der Waals surface area contributed by atoms with E-state index in [0.717, 1.165) is 11.8 Å². The molecule has 0 saturated heterocycles. The zero-order valence-electron chi connectivity index (χ0n) is 13.1. The molecule has 0 aliphatic heterocycles. The Balaban J connectivity index is 1.66. The zero-order chi connectivity index (χ0) is 14.2. The van der Waals surface area contributed by atoms with Gasteiger partial charge in [0.2, 0.25) is 0 Å². The minimum atomic E-state index is 0.351. The van der Waals surface area contributed by atoms with Gasteiger partial charge >= 0.3 is 0 Å². The van der Waals surface area contributed by atoms with E-state index in [-0.39, 0.29) is 0 Å². The molecule has 4 fully saturated rings. The van der Waals surface area contributed by atoms with Crippen molar-refractivity contribution in [2.45, 2.75) is 57.8 Å². The third kappa shape index (κ3) is 1.62. The van der Waals surface area contributed by atoms with E-state index in [1.807, 2.05) is 0 Å². The number of aryl methyl sites for hydroxylation is 1. The maximum atomic E-state index is 5.08. The van der Waals surface area contributed by atoms with Crippen LogP contribution in [0.25, 0.3) is 11.0 Å². The lowest BCUT2D eigenvalue weighted by atomic mass is 9.44. The number of imidazole rings is 1. The molecule has 0 amide bonds. The van der Waals surface area contributed by atoms with Crippen molar-refractivity contribution in [3.63, 3.8) is 0 Å². The molecule has 2 atom stereocenters. The van der Waals surface area contributed by atoms with E-state index in [4.69, 9.17) is 4.98 Å². The Hall–Kier alpha value is -1.31. The summed E-state index contributed by atoms with van der Waals surface area (Å²) in [6, 6.07) is 6.50. The van der Waals surface area contributed by atoms with Crippen LogP contribution in [-0.2, 0) is 5.41 Å². The van der Waals surface area contributed by atoms with Gasteiger partial charge in [-0.25, -0.2) is 4.98 Å². The van der Waals surface area contributed by atoms with Crippen LogP contribution >= 0.6 is 0 Å². The van der Waals surface area contributed by atoms with Gasteiger partial charge in [0, 0.05) is 5.41 Å². The molecule has 1 N–H and O–H groups in total.